The third-order valence-corrected chi connectivity index (χ3v) is 7.19. The van der Waals surface area contributed by atoms with Crippen molar-refractivity contribution in [1.82, 2.24) is 0 Å². The molecular weight excluding hydrogens is 270 g/mol. The van der Waals surface area contributed by atoms with Gasteiger partial charge in [0.2, 0.25) is 0 Å². The largest absolute Gasteiger partial charge is 0.504 e. The highest BCUT2D eigenvalue weighted by molar-refractivity contribution is 8.33. The van der Waals surface area contributed by atoms with Crippen molar-refractivity contribution in [3.63, 3.8) is 0 Å². The molecule has 0 aromatic heterocycles. The molecule has 0 aliphatic carbocycles. The molecule has 118 valence electrons. The zero-order chi connectivity index (χ0) is 16.0. The standard InChI is InChI=1S/C9H13NO2.C7H18S/c1-12-9-6-7(4-5-10)2-3-8(9)11;1-7(2,3)8(4,5)6/h2-3,6,11H,4-5,10H2,1H3;1-6H3. The van der Waals surface area contributed by atoms with Crippen LogP contribution < -0.4 is 10.5 Å². The number of phenols is 1. The number of rotatable bonds is 3. The van der Waals surface area contributed by atoms with Crippen molar-refractivity contribution in [2.24, 2.45) is 5.73 Å². The van der Waals surface area contributed by atoms with Crippen molar-refractivity contribution < 1.29 is 9.84 Å². The molecule has 0 aliphatic rings. The molecule has 1 aromatic rings. The Morgan fingerprint density at radius 2 is 1.70 bits per heavy atom. The lowest BCUT2D eigenvalue weighted by atomic mass is 10.1. The summed E-state index contributed by atoms with van der Waals surface area (Å²) in [6, 6.07) is 5.25. The number of nitrogens with two attached hydrogens (primary N) is 1. The van der Waals surface area contributed by atoms with E-state index >= 15 is 0 Å². The summed E-state index contributed by atoms with van der Waals surface area (Å²) in [7, 11) is 1.19. The second-order valence-electron chi connectivity index (χ2n) is 6.49. The lowest BCUT2D eigenvalue weighted by Crippen LogP contribution is -2.21. The van der Waals surface area contributed by atoms with Crippen molar-refractivity contribution in [1.29, 1.82) is 0 Å². The van der Waals surface area contributed by atoms with Crippen LogP contribution in [0.4, 0.5) is 0 Å². The Morgan fingerprint density at radius 3 is 2.05 bits per heavy atom. The van der Waals surface area contributed by atoms with Gasteiger partial charge in [0.1, 0.15) is 0 Å². The van der Waals surface area contributed by atoms with Crippen LogP contribution in [0.1, 0.15) is 26.3 Å². The lowest BCUT2D eigenvalue weighted by Gasteiger charge is -2.40. The molecule has 1 aromatic carbocycles. The van der Waals surface area contributed by atoms with E-state index in [4.69, 9.17) is 10.5 Å². The van der Waals surface area contributed by atoms with Gasteiger partial charge in [0, 0.05) is 0 Å². The van der Waals surface area contributed by atoms with E-state index in [1.165, 1.54) is 7.11 Å². The quantitative estimate of drug-likeness (QED) is 0.900. The summed E-state index contributed by atoms with van der Waals surface area (Å²) in [5.74, 6) is 0.666. The van der Waals surface area contributed by atoms with Crippen LogP contribution in [-0.2, 0) is 6.42 Å². The monoisotopic (exact) mass is 301 g/mol. The summed E-state index contributed by atoms with van der Waals surface area (Å²) in [5.41, 5.74) is 6.46. The topological polar surface area (TPSA) is 55.5 Å². The minimum Gasteiger partial charge on any atom is -0.504 e. The van der Waals surface area contributed by atoms with E-state index in [9.17, 15) is 5.11 Å². The fraction of sp³-hybridized carbons (Fsp3) is 0.625. The first-order valence-electron chi connectivity index (χ1n) is 6.76. The molecule has 0 heterocycles. The first-order chi connectivity index (χ1) is 9.02. The van der Waals surface area contributed by atoms with Crippen LogP contribution in [0, 0.1) is 0 Å². The van der Waals surface area contributed by atoms with Crippen LogP contribution in [0.2, 0.25) is 0 Å². The first kappa shape index (κ1) is 19.1. The highest BCUT2D eigenvalue weighted by atomic mass is 32.3. The zero-order valence-corrected chi connectivity index (χ0v) is 14.8. The molecule has 4 heteroatoms. The summed E-state index contributed by atoms with van der Waals surface area (Å²) < 4.78 is 5.46. The molecular formula is C16H31NO2S. The number of hydrogen-bond acceptors (Lipinski definition) is 3. The Kier molecular flexibility index (Phi) is 7.45. The van der Waals surface area contributed by atoms with Crippen LogP contribution in [0.5, 0.6) is 11.5 Å². The molecule has 0 aliphatic heterocycles. The molecule has 0 unspecified atom stereocenters. The van der Waals surface area contributed by atoms with Crippen LogP contribution in [0.3, 0.4) is 0 Å². The molecule has 0 saturated carbocycles. The van der Waals surface area contributed by atoms with Crippen molar-refractivity contribution in [3.05, 3.63) is 23.8 Å². The average Bonchev–Trinajstić information content (AvgIpc) is 2.30. The summed E-state index contributed by atoms with van der Waals surface area (Å²) in [6.45, 7) is 7.53. The SMILES string of the molecule is CC(C)(C)S(C)(C)C.COc1cc(CCN)ccc1O. The highest BCUT2D eigenvalue weighted by Crippen LogP contribution is 2.48. The number of hydrogen-bond donors (Lipinski definition) is 2. The first-order valence-corrected chi connectivity index (χ1v) is 9.62. The van der Waals surface area contributed by atoms with Gasteiger partial charge in [-0.1, -0.05) is 26.8 Å². The minimum absolute atomic E-state index is 0.165. The molecule has 0 bridgehead atoms. The molecule has 3 nitrogen and oxygen atoms in total. The van der Waals surface area contributed by atoms with E-state index in [0.717, 1.165) is 12.0 Å². The second kappa shape index (κ2) is 7.79. The fourth-order valence-corrected chi connectivity index (χ4v) is 1.04. The Morgan fingerprint density at radius 1 is 1.20 bits per heavy atom. The third kappa shape index (κ3) is 6.53. The van der Waals surface area contributed by atoms with E-state index in [1.807, 2.05) is 6.07 Å². The minimum atomic E-state index is -0.340. The average molecular weight is 301 g/mol. The molecule has 0 saturated heterocycles. The lowest BCUT2D eigenvalue weighted by molar-refractivity contribution is 0.373. The second-order valence-corrected chi connectivity index (χ2v) is 11.4. The molecule has 1 rings (SSSR count). The Balaban J connectivity index is 0.000000396. The molecule has 0 amide bonds. The third-order valence-electron chi connectivity index (χ3n) is 3.51. The molecule has 0 spiro atoms. The Labute approximate surface area is 125 Å². The van der Waals surface area contributed by atoms with Gasteiger partial charge in [-0.15, -0.1) is 0 Å². The molecule has 0 fully saturated rings. The van der Waals surface area contributed by atoms with E-state index in [2.05, 4.69) is 39.5 Å². The van der Waals surface area contributed by atoms with Crippen LogP contribution in [0.25, 0.3) is 0 Å². The zero-order valence-electron chi connectivity index (χ0n) is 14.0. The summed E-state index contributed by atoms with van der Waals surface area (Å²) in [6.07, 6.45) is 7.86. The maximum atomic E-state index is 9.25. The van der Waals surface area contributed by atoms with Crippen molar-refractivity contribution >= 4 is 10.0 Å². The van der Waals surface area contributed by atoms with Gasteiger partial charge >= 0.3 is 0 Å². The Bertz CT molecular complexity index is 394. The van der Waals surface area contributed by atoms with Crippen molar-refractivity contribution in [3.8, 4) is 11.5 Å². The van der Waals surface area contributed by atoms with Gasteiger partial charge in [-0.3, -0.25) is 0 Å². The highest BCUT2D eigenvalue weighted by Gasteiger charge is 2.21. The van der Waals surface area contributed by atoms with Gasteiger partial charge in [0.15, 0.2) is 11.5 Å². The summed E-state index contributed by atoms with van der Waals surface area (Å²) in [5, 5.41) is 9.25. The normalized spacial score (nSPS) is 12.4. The summed E-state index contributed by atoms with van der Waals surface area (Å²) >= 11 is 0. The Hall–Kier alpha value is -0.870. The fourth-order valence-electron chi connectivity index (χ4n) is 1.04. The summed E-state index contributed by atoms with van der Waals surface area (Å²) in [4.78, 5) is 0. The number of benzene rings is 1. The van der Waals surface area contributed by atoms with Gasteiger partial charge in [0.25, 0.3) is 0 Å². The predicted octanol–water partition coefficient (Wildman–Crippen LogP) is 3.38. The van der Waals surface area contributed by atoms with Gasteiger partial charge in [-0.25, -0.2) is 10.0 Å². The van der Waals surface area contributed by atoms with Gasteiger partial charge < -0.3 is 15.6 Å². The smallest absolute Gasteiger partial charge is 0.160 e. The molecule has 0 atom stereocenters. The van der Waals surface area contributed by atoms with E-state index in [1.54, 1.807) is 12.1 Å². The van der Waals surface area contributed by atoms with Crippen molar-refractivity contribution in [2.75, 3.05) is 32.4 Å². The maximum Gasteiger partial charge on any atom is 0.160 e. The number of methoxy groups -OCH3 is 1. The van der Waals surface area contributed by atoms with Crippen LogP contribution >= 0.6 is 10.0 Å². The number of phenolic OH excluding ortho intramolecular Hbond substituents is 1. The van der Waals surface area contributed by atoms with Gasteiger partial charge in [0.05, 0.1) is 7.11 Å². The molecule has 3 N–H and O–H groups in total. The van der Waals surface area contributed by atoms with Crippen LogP contribution in [0.15, 0.2) is 18.2 Å². The van der Waals surface area contributed by atoms with E-state index < -0.39 is 0 Å². The van der Waals surface area contributed by atoms with Crippen molar-refractivity contribution in [2.45, 2.75) is 31.9 Å². The van der Waals surface area contributed by atoms with E-state index in [0.29, 0.717) is 17.0 Å². The van der Waals surface area contributed by atoms with E-state index in [-0.39, 0.29) is 15.8 Å². The molecule has 0 radical (unpaired) electrons. The molecule has 20 heavy (non-hydrogen) atoms. The van der Waals surface area contributed by atoms with Gasteiger partial charge in [-0.2, -0.15) is 0 Å². The maximum absolute atomic E-state index is 9.25. The predicted molar refractivity (Wildman–Crippen MR) is 92.5 cm³/mol. The number of ether oxygens (including phenoxy) is 1. The van der Waals surface area contributed by atoms with Crippen LogP contribution in [-0.4, -0.2) is 42.3 Å². The number of aromatic hydroxyl groups is 1. The van der Waals surface area contributed by atoms with Gasteiger partial charge in [-0.05, 0) is 54.2 Å².